The Morgan fingerprint density at radius 1 is 1.33 bits per heavy atom. The molecule has 9 heteroatoms. The van der Waals surface area contributed by atoms with Gasteiger partial charge in [0.1, 0.15) is 10.3 Å². The Morgan fingerprint density at radius 2 is 2.19 bits per heavy atom. The third-order valence-corrected chi connectivity index (χ3v) is 5.29. The molecule has 0 bridgehead atoms. The van der Waals surface area contributed by atoms with E-state index in [9.17, 15) is 9.59 Å². The number of nitrogens with one attached hydrogen (secondary N) is 1. The standard InChI is InChI=1S/C18H19BrN4O4/c19-17-12-9-11(20-13-10-15(25)22(6-7-24)18(13)26)4-5-14(12)23(21-17)16-3-1-2-8-27-16/h4-5,9-10,16,20,24H,1-3,6-8H2. The molecule has 27 heavy (non-hydrogen) atoms. The Bertz CT molecular complexity index is 933. The van der Waals surface area contributed by atoms with Gasteiger partial charge < -0.3 is 15.2 Å². The molecule has 2 N–H and O–H groups in total. The van der Waals surface area contributed by atoms with Crippen molar-refractivity contribution in [1.82, 2.24) is 14.7 Å². The van der Waals surface area contributed by atoms with Crippen molar-refractivity contribution in [3.05, 3.63) is 34.6 Å². The fourth-order valence-corrected chi connectivity index (χ4v) is 3.87. The zero-order valence-electron chi connectivity index (χ0n) is 14.5. The van der Waals surface area contributed by atoms with Gasteiger partial charge >= 0.3 is 0 Å². The van der Waals surface area contributed by atoms with E-state index in [1.54, 1.807) is 0 Å². The summed E-state index contributed by atoms with van der Waals surface area (Å²) in [5, 5.41) is 17.4. The van der Waals surface area contributed by atoms with E-state index in [-0.39, 0.29) is 25.1 Å². The number of ether oxygens (including phenoxy) is 1. The van der Waals surface area contributed by atoms with Crippen molar-refractivity contribution in [3.63, 3.8) is 0 Å². The number of imide groups is 1. The highest BCUT2D eigenvalue weighted by Crippen LogP contribution is 2.32. The lowest BCUT2D eigenvalue weighted by molar-refractivity contribution is -0.137. The Hall–Kier alpha value is -2.23. The molecule has 2 amide bonds. The third-order valence-electron chi connectivity index (χ3n) is 4.70. The molecule has 2 aromatic rings. The molecule has 1 saturated heterocycles. The van der Waals surface area contributed by atoms with Crippen LogP contribution < -0.4 is 5.32 Å². The number of amides is 2. The lowest BCUT2D eigenvalue weighted by Gasteiger charge is -2.23. The van der Waals surface area contributed by atoms with Gasteiger partial charge in [0.2, 0.25) is 0 Å². The van der Waals surface area contributed by atoms with Crippen molar-refractivity contribution in [2.45, 2.75) is 25.5 Å². The van der Waals surface area contributed by atoms with E-state index >= 15 is 0 Å². The number of halogens is 1. The number of carbonyl (C=O) groups excluding carboxylic acids is 2. The van der Waals surface area contributed by atoms with Crippen molar-refractivity contribution in [2.24, 2.45) is 0 Å². The van der Waals surface area contributed by atoms with Gasteiger partial charge in [0.25, 0.3) is 11.8 Å². The zero-order valence-corrected chi connectivity index (χ0v) is 16.1. The van der Waals surface area contributed by atoms with E-state index in [1.165, 1.54) is 6.08 Å². The van der Waals surface area contributed by atoms with E-state index in [0.717, 1.165) is 41.7 Å². The summed E-state index contributed by atoms with van der Waals surface area (Å²) in [6.45, 7) is 0.454. The SMILES string of the molecule is O=C1C=C(Nc2ccc3c(c2)c(Br)nn3C2CCCCO2)C(=O)N1CCO. The maximum absolute atomic E-state index is 12.3. The second-order valence-corrected chi connectivity index (χ2v) is 7.24. The van der Waals surface area contributed by atoms with E-state index in [4.69, 9.17) is 9.84 Å². The lowest BCUT2D eigenvalue weighted by Crippen LogP contribution is -2.34. The molecule has 0 spiro atoms. The molecule has 1 unspecified atom stereocenters. The molecule has 0 radical (unpaired) electrons. The topological polar surface area (TPSA) is 96.7 Å². The lowest BCUT2D eigenvalue weighted by atomic mass is 10.2. The quantitative estimate of drug-likeness (QED) is 0.699. The number of hydrogen-bond acceptors (Lipinski definition) is 6. The Morgan fingerprint density at radius 3 is 2.93 bits per heavy atom. The van der Waals surface area contributed by atoms with Crippen LogP contribution in [0.4, 0.5) is 5.69 Å². The van der Waals surface area contributed by atoms with Crippen LogP contribution in [0.2, 0.25) is 0 Å². The highest BCUT2D eigenvalue weighted by Gasteiger charge is 2.30. The maximum Gasteiger partial charge on any atom is 0.277 e. The summed E-state index contributed by atoms with van der Waals surface area (Å²) in [5.74, 6) is -0.874. The number of nitrogens with zero attached hydrogens (tertiary/aromatic N) is 3. The number of aliphatic hydroxyl groups is 1. The van der Waals surface area contributed by atoms with Gasteiger partial charge in [-0.05, 0) is 53.4 Å². The molecule has 1 aromatic heterocycles. The number of β-amino-alcohol motifs (C(OH)–C–C–N with tert-alkyl or cyclic N) is 1. The van der Waals surface area contributed by atoms with Crippen molar-refractivity contribution in [1.29, 1.82) is 0 Å². The predicted octanol–water partition coefficient (Wildman–Crippen LogP) is 2.15. The number of anilines is 1. The highest BCUT2D eigenvalue weighted by molar-refractivity contribution is 9.10. The summed E-state index contributed by atoms with van der Waals surface area (Å²) < 4.78 is 8.41. The predicted molar refractivity (Wildman–Crippen MR) is 102 cm³/mol. The summed E-state index contributed by atoms with van der Waals surface area (Å²) in [4.78, 5) is 25.1. The van der Waals surface area contributed by atoms with Crippen LogP contribution in [0.1, 0.15) is 25.5 Å². The minimum Gasteiger partial charge on any atom is -0.395 e. The van der Waals surface area contributed by atoms with Crippen LogP contribution >= 0.6 is 15.9 Å². The Labute approximate surface area is 163 Å². The first kappa shape index (κ1) is 18.1. The molecule has 1 aromatic carbocycles. The van der Waals surface area contributed by atoms with E-state index in [2.05, 4.69) is 26.3 Å². The number of aromatic nitrogens is 2. The van der Waals surface area contributed by atoms with Crippen LogP contribution in [-0.4, -0.2) is 51.4 Å². The average molecular weight is 435 g/mol. The largest absolute Gasteiger partial charge is 0.395 e. The molecule has 8 nitrogen and oxygen atoms in total. The highest BCUT2D eigenvalue weighted by atomic mass is 79.9. The minimum atomic E-state index is -0.445. The summed E-state index contributed by atoms with van der Waals surface area (Å²) in [6.07, 6.45) is 4.28. The van der Waals surface area contributed by atoms with Crippen LogP contribution in [-0.2, 0) is 14.3 Å². The monoisotopic (exact) mass is 434 g/mol. The fraction of sp³-hybridized carbons (Fsp3) is 0.389. The zero-order chi connectivity index (χ0) is 19.0. The number of hydrogen-bond donors (Lipinski definition) is 2. The molecule has 0 aliphatic carbocycles. The van der Waals surface area contributed by atoms with Crippen LogP contribution in [0.3, 0.4) is 0 Å². The number of aliphatic hydroxyl groups excluding tert-OH is 1. The minimum absolute atomic E-state index is 0.0158. The molecule has 1 fully saturated rings. The molecule has 4 rings (SSSR count). The van der Waals surface area contributed by atoms with Crippen molar-refractivity contribution < 1.29 is 19.4 Å². The smallest absolute Gasteiger partial charge is 0.277 e. The van der Waals surface area contributed by atoms with E-state index < -0.39 is 11.8 Å². The van der Waals surface area contributed by atoms with Gasteiger partial charge in [-0.25, -0.2) is 4.68 Å². The molecular formula is C18H19BrN4O4. The second kappa shape index (κ2) is 7.41. The summed E-state index contributed by atoms with van der Waals surface area (Å²) in [6, 6.07) is 5.63. The molecule has 142 valence electrons. The normalized spacial score (nSPS) is 20.4. The van der Waals surface area contributed by atoms with E-state index in [1.807, 2.05) is 22.9 Å². The van der Waals surface area contributed by atoms with Crippen molar-refractivity contribution in [2.75, 3.05) is 25.1 Å². The molecule has 2 aliphatic heterocycles. The first-order valence-electron chi connectivity index (χ1n) is 8.83. The summed E-state index contributed by atoms with van der Waals surface area (Å²) in [5.41, 5.74) is 1.79. The van der Waals surface area contributed by atoms with Gasteiger partial charge in [-0.2, -0.15) is 5.10 Å². The molecule has 3 heterocycles. The van der Waals surface area contributed by atoms with Crippen LogP contribution in [0.15, 0.2) is 34.6 Å². The molecular weight excluding hydrogens is 416 g/mol. The molecule has 2 aliphatic rings. The molecule has 1 atom stereocenters. The summed E-state index contributed by atoms with van der Waals surface area (Å²) in [7, 11) is 0. The fourth-order valence-electron chi connectivity index (χ4n) is 3.38. The van der Waals surface area contributed by atoms with Crippen molar-refractivity contribution >= 4 is 44.3 Å². The van der Waals surface area contributed by atoms with E-state index in [0.29, 0.717) is 10.3 Å². The van der Waals surface area contributed by atoms with Gasteiger partial charge in [0.15, 0.2) is 6.23 Å². The first-order chi connectivity index (χ1) is 13.1. The number of fused-ring (bicyclic) bond motifs is 1. The first-order valence-corrected chi connectivity index (χ1v) is 9.62. The average Bonchev–Trinajstić information content (AvgIpc) is 3.14. The van der Waals surface area contributed by atoms with Crippen LogP contribution in [0.25, 0.3) is 10.9 Å². The maximum atomic E-state index is 12.3. The van der Waals surface area contributed by atoms with Crippen LogP contribution in [0, 0.1) is 0 Å². The number of carbonyl (C=O) groups is 2. The van der Waals surface area contributed by atoms with Gasteiger partial charge in [-0.1, -0.05) is 0 Å². The van der Waals surface area contributed by atoms with Gasteiger partial charge in [-0.15, -0.1) is 0 Å². The van der Waals surface area contributed by atoms with Gasteiger partial charge in [-0.3, -0.25) is 14.5 Å². The Balaban J connectivity index is 1.59. The van der Waals surface area contributed by atoms with Gasteiger partial charge in [0.05, 0.1) is 18.7 Å². The third kappa shape index (κ3) is 3.38. The van der Waals surface area contributed by atoms with Gasteiger partial charge in [0, 0.05) is 23.8 Å². The number of benzene rings is 1. The Kier molecular flexibility index (Phi) is 4.98. The molecule has 0 saturated carbocycles. The van der Waals surface area contributed by atoms with Crippen molar-refractivity contribution in [3.8, 4) is 0 Å². The summed E-state index contributed by atoms with van der Waals surface area (Å²) >= 11 is 3.50. The number of rotatable bonds is 5. The second-order valence-electron chi connectivity index (χ2n) is 6.49. The van der Waals surface area contributed by atoms with Crippen LogP contribution in [0.5, 0.6) is 0 Å².